The zero-order valence-electron chi connectivity index (χ0n) is 10.9. The van der Waals surface area contributed by atoms with E-state index in [0.717, 1.165) is 0 Å². The summed E-state index contributed by atoms with van der Waals surface area (Å²) in [4.78, 5) is 2.68. The van der Waals surface area contributed by atoms with Gasteiger partial charge in [-0.1, -0.05) is 78.5 Å². The van der Waals surface area contributed by atoms with Crippen molar-refractivity contribution >= 4 is 11.8 Å². The minimum Gasteiger partial charge on any atom is -0.0894 e. The molecule has 0 unspecified atom stereocenters. The van der Waals surface area contributed by atoms with Crippen LogP contribution < -0.4 is 0 Å². The highest BCUT2D eigenvalue weighted by atomic mass is 32.2. The average molecular weight is 273 g/mol. The van der Waals surface area contributed by atoms with Crippen molar-refractivity contribution < 1.29 is 0 Å². The molecule has 1 aliphatic heterocycles. The summed E-state index contributed by atoms with van der Waals surface area (Å²) in [6, 6.07) is 28.0. The Labute approximate surface area is 123 Å². The Morgan fingerprint density at radius 2 is 1.00 bits per heavy atom. The predicted octanol–water partition coefficient (Wildman–Crippen LogP) is 5.17. The van der Waals surface area contributed by atoms with Crippen molar-refractivity contribution in [1.29, 1.82) is 0 Å². The smallest absolute Gasteiger partial charge is 0.0652 e. The molecular weight excluding hydrogens is 260 g/mol. The standard InChI is InChI=1S/C19H13S/c1-2-8-14(9-3-1)19-15-10-4-6-12-17(15)20-18-13-7-5-11-16(18)19/h1-13H. The fourth-order valence-corrected chi connectivity index (χ4v) is 3.79. The van der Waals surface area contributed by atoms with Gasteiger partial charge in [-0.15, -0.1) is 0 Å². The summed E-state index contributed by atoms with van der Waals surface area (Å²) in [6.45, 7) is 0. The van der Waals surface area contributed by atoms with Crippen LogP contribution in [0, 0.1) is 5.92 Å². The molecule has 0 N–H and O–H groups in total. The Bertz CT molecular complexity index is 701. The zero-order chi connectivity index (χ0) is 13.4. The van der Waals surface area contributed by atoms with E-state index in [-0.39, 0.29) is 0 Å². The van der Waals surface area contributed by atoms with Gasteiger partial charge in [-0.2, -0.15) is 0 Å². The number of rotatable bonds is 1. The van der Waals surface area contributed by atoms with Gasteiger partial charge < -0.3 is 0 Å². The van der Waals surface area contributed by atoms with Gasteiger partial charge in [0.2, 0.25) is 0 Å². The Morgan fingerprint density at radius 3 is 1.60 bits per heavy atom. The van der Waals surface area contributed by atoms with Crippen LogP contribution in [0.2, 0.25) is 0 Å². The quantitative estimate of drug-likeness (QED) is 0.461. The minimum atomic E-state index is 1.28. The lowest BCUT2D eigenvalue weighted by Crippen LogP contribution is -2.10. The highest BCUT2D eigenvalue weighted by Gasteiger charge is 2.27. The molecule has 0 saturated heterocycles. The fraction of sp³-hybridized carbons (Fsp3) is 0. The molecule has 1 heteroatoms. The van der Waals surface area contributed by atoms with E-state index in [2.05, 4.69) is 78.9 Å². The third-order valence-electron chi connectivity index (χ3n) is 3.60. The van der Waals surface area contributed by atoms with Gasteiger partial charge in [0.1, 0.15) is 0 Å². The third kappa shape index (κ3) is 1.86. The molecule has 0 aromatic heterocycles. The van der Waals surface area contributed by atoms with E-state index in [1.165, 1.54) is 32.4 Å². The molecule has 4 rings (SSSR count). The predicted molar refractivity (Wildman–Crippen MR) is 84.0 cm³/mol. The van der Waals surface area contributed by atoms with Gasteiger partial charge in [0, 0.05) is 9.79 Å². The SMILES string of the molecule is c1ccc([C]2c3ccccc3Sc3ccccc32)cc1. The van der Waals surface area contributed by atoms with E-state index in [1.807, 2.05) is 11.8 Å². The van der Waals surface area contributed by atoms with Gasteiger partial charge in [0.25, 0.3) is 0 Å². The molecular formula is C19H13S. The van der Waals surface area contributed by atoms with Crippen LogP contribution in [-0.4, -0.2) is 0 Å². The van der Waals surface area contributed by atoms with Crippen LogP contribution >= 0.6 is 11.8 Å². The summed E-state index contributed by atoms with van der Waals surface area (Å²) in [6.07, 6.45) is 0. The first kappa shape index (κ1) is 11.8. The molecule has 0 amide bonds. The maximum Gasteiger partial charge on any atom is 0.0652 e. The molecule has 3 aromatic rings. The van der Waals surface area contributed by atoms with Crippen LogP contribution in [-0.2, 0) is 0 Å². The van der Waals surface area contributed by atoms with Crippen molar-refractivity contribution in [3.8, 4) is 0 Å². The van der Waals surface area contributed by atoms with Gasteiger partial charge in [-0.3, -0.25) is 0 Å². The monoisotopic (exact) mass is 273 g/mol. The van der Waals surface area contributed by atoms with Crippen molar-refractivity contribution in [2.75, 3.05) is 0 Å². The lowest BCUT2D eigenvalue weighted by Gasteiger charge is -2.27. The van der Waals surface area contributed by atoms with E-state index in [9.17, 15) is 0 Å². The molecule has 0 nitrogen and oxygen atoms in total. The van der Waals surface area contributed by atoms with E-state index in [0.29, 0.717) is 0 Å². The molecule has 1 aliphatic rings. The Balaban J connectivity index is 1.98. The first-order valence-corrected chi connectivity index (χ1v) is 7.54. The van der Waals surface area contributed by atoms with Crippen molar-refractivity contribution in [3.05, 3.63) is 101 Å². The maximum atomic E-state index is 2.22. The highest BCUT2D eigenvalue weighted by Crippen LogP contribution is 2.47. The summed E-state index contributed by atoms with van der Waals surface area (Å²) in [5.41, 5.74) is 3.96. The molecule has 3 aromatic carbocycles. The Hall–Kier alpha value is -1.99. The summed E-state index contributed by atoms with van der Waals surface area (Å²) in [5.74, 6) is 1.34. The number of fused-ring (bicyclic) bond motifs is 2. The van der Waals surface area contributed by atoms with Crippen molar-refractivity contribution in [2.45, 2.75) is 9.79 Å². The fourth-order valence-electron chi connectivity index (χ4n) is 2.70. The van der Waals surface area contributed by atoms with Crippen LogP contribution in [0.25, 0.3) is 0 Å². The largest absolute Gasteiger partial charge is 0.0894 e. The third-order valence-corrected chi connectivity index (χ3v) is 4.75. The number of hydrogen-bond donors (Lipinski definition) is 0. The molecule has 0 saturated carbocycles. The van der Waals surface area contributed by atoms with E-state index in [4.69, 9.17) is 0 Å². The minimum absolute atomic E-state index is 1.28. The van der Waals surface area contributed by atoms with Crippen molar-refractivity contribution in [2.24, 2.45) is 0 Å². The molecule has 0 bridgehead atoms. The maximum absolute atomic E-state index is 2.22. The van der Waals surface area contributed by atoms with Gasteiger partial charge in [-0.05, 0) is 28.8 Å². The van der Waals surface area contributed by atoms with Crippen LogP contribution in [0.5, 0.6) is 0 Å². The lowest BCUT2D eigenvalue weighted by molar-refractivity contribution is 1.10. The summed E-state index contributed by atoms with van der Waals surface area (Å²) < 4.78 is 0. The normalized spacial score (nSPS) is 13.6. The zero-order valence-corrected chi connectivity index (χ0v) is 11.7. The first-order valence-electron chi connectivity index (χ1n) is 6.72. The van der Waals surface area contributed by atoms with Gasteiger partial charge in [0.15, 0.2) is 0 Å². The topological polar surface area (TPSA) is 0 Å². The molecule has 1 heterocycles. The second-order valence-electron chi connectivity index (χ2n) is 4.84. The van der Waals surface area contributed by atoms with Crippen LogP contribution in [0.4, 0.5) is 0 Å². The van der Waals surface area contributed by atoms with Gasteiger partial charge in [-0.25, -0.2) is 0 Å². The summed E-state index contributed by atoms with van der Waals surface area (Å²) >= 11 is 1.86. The average Bonchev–Trinajstić information content (AvgIpc) is 2.53. The first-order chi connectivity index (χ1) is 9.93. The molecule has 20 heavy (non-hydrogen) atoms. The van der Waals surface area contributed by atoms with Crippen molar-refractivity contribution in [3.63, 3.8) is 0 Å². The van der Waals surface area contributed by atoms with E-state index < -0.39 is 0 Å². The number of hydrogen-bond acceptors (Lipinski definition) is 1. The molecule has 1 radical (unpaired) electrons. The molecule has 0 fully saturated rings. The second-order valence-corrected chi connectivity index (χ2v) is 5.92. The van der Waals surface area contributed by atoms with E-state index >= 15 is 0 Å². The Kier molecular flexibility index (Phi) is 2.86. The van der Waals surface area contributed by atoms with Crippen molar-refractivity contribution in [1.82, 2.24) is 0 Å². The molecule has 0 atom stereocenters. The van der Waals surface area contributed by atoms with Gasteiger partial charge in [0.05, 0.1) is 5.92 Å². The molecule has 0 spiro atoms. The summed E-state index contributed by atoms with van der Waals surface area (Å²) in [7, 11) is 0. The van der Waals surface area contributed by atoms with Crippen LogP contribution in [0.15, 0.2) is 88.7 Å². The van der Waals surface area contributed by atoms with E-state index in [1.54, 1.807) is 0 Å². The Morgan fingerprint density at radius 1 is 0.500 bits per heavy atom. The lowest BCUT2D eigenvalue weighted by atomic mass is 9.85. The molecule has 95 valence electrons. The second kappa shape index (κ2) is 4.84. The van der Waals surface area contributed by atoms with Crippen LogP contribution in [0.3, 0.4) is 0 Å². The highest BCUT2D eigenvalue weighted by molar-refractivity contribution is 7.99. The summed E-state index contributed by atoms with van der Waals surface area (Å²) in [5, 5.41) is 0. The molecule has 0 aliphatic carbocycles. The van der Waals surface area contributed by atoms with Crippen LogP contribution in [0.1, 0.15) is 16.7 Å². The number of benzene rings is 3. The van der Waals surface area contributed by atoms with Gasteiger partial charge >= 0.3 is 0 Å².